The SMILES string of the molecule is CC(C)(C)P(PPP)P(P(C(C)(C)C)C(C)(C)C)C(C)(C)C. The van der Waals surface area contributed by atoms with Crippen LogP contribution in [0.15, 0.2) is 0 Å². The molecule has 0 bridgehead atoms. The Morgan fingerprint density at radius 3 is 1.14 bits per heavy atom. The molecule has 0 aromatic heterocycles. The Kier molecular flexibility index (Phi) is 9.51. The van der Waals surface area contributed by atoms with Gasteiger partial charge in [0.15, 0.2) is 0 Å². The monoisotopic (exact) mass is 418 g/mol. The molecule has 0 aliphatic heterocycles. The molecule has 0 saturated carbocycles. The first-order valence-corrected chi connectivity index (χ1v) is 19.1. The van der Waals surface area contributed by atoms with Crippen molar-refractivity contribution in [1.29, 1.82) is 0 Å². The summed E-state index contributed by atoms with van der Waals surface area (Å²) in [4.78, 5) is 0. The molecular formula is C16H40P6. The fraction of sp³-hybridized carbons (Fsp3) is 1.00. The van der Waals surface area contributed by atoms with Crippen molar-refractivity contribution >= 4 is 47.1 Å². The Balaban J connectivity index is 6.19. The summed E-state index contributed by atoms with van der Waals surface area (Å²) in [5, 5.41) is 1.81. The highest BCUT2D eigenvalue weighted by molar-refractivity contribution is 8.84. The molecule has 0 heterocycles. The van der Waals surface area contributed by atoms with Crippen LogP contribution in [-0.4, -0.2) is 20.6 Å². The first kappa shape index (κ1) is 24.6. The van der Waals surface area contributed by atoms with E-state index in [-0.39, 0.29) is 22.2 Å². The molecule has 0 aliphatic rings. The van der Waals surface area contributed by atoms with Crippen LogP contribution in [0, 0.1) is 0 Å². The predicted molar refractivity (Wildman–Crippen MR) is 126 cm³/mol. The standard InChI is InChI=1S/C16H40P6/c1-13(2,3)20(14(4,5)6)22(16(10,11)12)21(19-18-17)15(7,8)9/h18-19H,17H2,1-12H3. The zero-order chi connectivity index (χ0) is 18.1. The number of rotatable bonds is 4. The van der Waals surface area contributed by atoms with Crippen LogP contribution in [-0.2, 0) is 0 Å². The van der Waals surface area contributed by atoms with E-state index in [0.717, 1.165) is 15.9 Å². The highest BCUT2D eigenvalue weighted by Gasteiger charge is 2.49. The molecule has 0 fully saturated rings. The predicted octanol–water partition coefficient (Wildman–Crippen LogP) is 9.43. The van der Waals surface area contributed by atoms with Crippen LogP contribution in [0.1, 0.15) is 83.1 Å². The molecule has 6 heteroatoms. The van der Waals surface area contributed by atoms with E-state index < -0.39 is 0 Å². The van der Waals surface area contributed by atoms with Crippen molar-refractivity contribution in [3.05, 3.63) is 0 Å². The van der Waals surface area contributed by atoms with E-state index in [2.05, 4.69) is 92.0 Å². The van der Waals surface area contributed by atoms with Gasteiger partial charge in [0.1, 0.15) is 0 Å². The van der Waals surface area contributed by atoms with Gasteiger partial charge < -0.3 is 0 Å². The molecule has 0 aromatic rings. The Labute approximate surface area is 150 Å². The summed E-state index contributed by atoms with van der Waals surface area (Å²) < 4.78 is 0. The molecule has 5 unspecified atom stereocenters. The second kappa shape index (κ2) is 8.51. The lowest BCUT2D eigenvalue weighted by Crippen LogP contribution is -2.28. The maximum atomic E-state index is 3.04. The molecule has 0 rings (SSSR count). The summed E-state index contributed by atoms with van der Waals surface area (Å²) in [6.45, 7) is 30.2. The third-order valence-electron chi connectivity index (χ3n) is 3.06. The van der Waals surface area contributed by atoms with E-state index >= 15 is 0 Å². The topological polar surface area (TPSA) is 0 Å². The Hall–Kier alpha value is 2.58. The van der Waals surface area contributed by atoms with E-state index in [1.807, 2.05) is 0 Å². The first-order chi connectivity index (χ1) is 9.44. The average molecular weight is 418 g/mol. The minimum Gasteiger partial charge on any atom is -0.110 e. The summed E-state index contributed by atoms with van der Waals surface area (Å²) in [5.74, 6) is 0. The summed E-state index contributed by atoms with van der Waals surface area (Å²) in [5.41, 5.74) is 0. The quantitative estimate of drug-likeness (QED) is 0.399. The molecule has 0 aliphatic carbocycles. The smallest absolute Gasteiger partial charge is 0.00982 e. The first-order valence-electron chi connectivity index (χ1n) is 8.06. The van der Waals surface area contributed by atoms with Crippen molar-refractivity contribution in [2.75, 3.05) is 0 Å². The van der Waals surface area contributed by atoms with Crippen molar-refractivity contribution in [3.8, 4) is 0 Å². The van der Waals surface area contributed by atoms with Crippen LogP contribution >= 0.6 is 47.1 Å². The van der Waals surface area contributed by atoms with Gasteiger partial charge in [-0.1, -0.05) is 107 Å². The van der Waals surface area contributed by atoms with Gasteiger partial charge in [-0.2, -0.15) is 0 Å². The number of hydrogen-bond donors (Lipinski definition) is 0. The van der Waals surface area contributed by atoms with Gasteiger partial charge in [0.05, 0.1) is 0 Å². The van der Waals surface area contributed by atoms with Gasteiger partial charge >= 0.3 is 0 Å². The molecule has 0 saturated heterocycles. The molecule has 0 amide bonds. The van der Waals surface area contributed by atoms with Gasteiger partial charge in [-0.05, 0) is 35.2 Å². The highest BCUT2D eigenvalue weighted by Crippen LogP contribution is 3.04. The molecule has 134 valence electrons. The molecule has 0 nitrogen and oxygen atoms in total. The molecule has 0 aromatic carbocycles. The second-order valence-electron chi connectivity index (χ2n) is 9.85. The lowest BCUT2D eigenvalue weighted by atomic mass is 10.2. The van der Waals surface area contributed by atoms with Crippen molar-refractivity contribution in [1.82, 2.24) is 0 Å². The fourth-order valence-electron chi connectivity index (χ4n) is 2.82. The zero-order valence-electron chi connectivity index (χ0n) is 16.9. The second-order valence-corrected chi connectivity index (χ2v) is 31.9. The van der Waals surface area contributed by atoms with Crippen molar-refractivity contribution in [2.45, 2.75) is 104 Å². The van der Waals surface area contributed by atoms with Crippen LogP contribution in [0.25, 0.3) is 0 Å². The Morgan fingerprint density at radius 1 is 0.591 bits per heavy atom. The molecular weight excluding hydrogens is 378 g/mol. The maximum Gasteiger partial charge on any atom is -0.00982 e. The van der Waals surface area contributed by atoms with Crippen LogP contribution < -0.4 is 0 Å². The van der Waals surface area contributed by atoms with Crippen LogP contribution in [0.2, 0.25) is 0 Å². The Morgan fingerprint density at radius 2 is 0.955 bits per heavy atom. The van der Waals surface area contributed by atoms with E-state index in [9.17, 15) is 0 Å². The summed E-state index contributed by atoms with van der Waals surface area (Å²) in [6.07, 6.45) is 0. The van der Waals surface area contributed by atoms with Gasteiger partial charge in [-0.15, -0.1) is 8.93 Å². The normalized spacial score (nSPS) is 18.8. The molecule has 0 N–H and O–H groups in total. The van der Waals surface area contributed by atoms with Crippen LogP contribution in [0.4, 0.5) is 0 Å². The molecule has 5 atom stereocenters. The molecule has 0 radical (unpaired) electrons. The third kappa shape index (κ3) is 7.45. The lowest BCUT2D eigenvalue weighted by Gasteiger charge is -2.56. The van der Waals surface area contributed by atoms with Crippen molar-refractivity contribution in [2.24, 2.45) is 0 Å². The third-order valence-corrected chi connectivity index (χ3v) is 39.3. The lowest BCUT2D eigenvalue weighted by molar-refractivity contribution is 0.715. The summed E-state index contributed by atoms with van der Waals surface area (Å²) >= 11 is 0. The van der Waals surface area contributed by atoms with Gasteiger partial charge in [0.2, 0.25) is 0 Å². The van der Waals surface area contributed by atoms with E-state index in [1.54, 1.807) is 0 Å². The van der Waals surface area contributed by atoms with E-state index in [0.29, 0.717) is 20.6 Å². The molecule has 22 heavy (non-hydrogen) atoms. The largest absolute Gasteiger partial charge is 0.110 e. The van der Waals surface area contributed by atoms with Crippen LogP contribution in [0.3, 0.4) is 0 Å². The zero-order valence-corrected chi connectivity index (χ0v) is 22.8. The minimum atomic E-state index is -0.0137. The summed E-state index contributed by atoms with van der Waals surface area (Å²) in [7, 11) is 5.36. The van der Waals surface area contributed by atoms with Gasteiger partial charge in [-0.3, -0.25) is 0 Å². The maximum absolute atomic E-state index is 3.04. The van der Waals surface area contributed by atoms with Gasteiger partial charge in [0, 0.05) is 0 Å². The van der Waals surface area contributed by atoms with E-state index in [1.165, 1.54) is 0 Å². The van der Waals surface area contributed by atoms with Gasteiger partial charge in [-0.25, -0.2) is 0 Å². The minimum absolute atomic E-state index is 0.0137. The van der Waals surface area contributed by atoms with Crippen molar-refractivity contribution in [3.63, 3.8) is 0 Å². The van der Waals surface area contributed by atoms with Crippen molar-refractivity contribution < 1.29 is 0 Å². The van der Waals surface area contributed by atoms with Crippen LogP contribution in [0.5, 0.6) is 0 Å². The van der Waals surface area contributed by atoms with E-state index in [4.69, 9.17) is 0 Å². The fourth-order valence-corrected chi connectivity index (χ4v) is 52.5. The number of hydrogen-bond acceptors (Lipinski definition) is 0. The Bertz CT molecular complexity index is 326. The summed E-state index contributed by atoms with van der Waals surface area (Å²) in [6, 6.07) is 0. The van der Waals surface area contributed by atoms with Gasteiger partial charge in [0.25, 0.3) is 0 Å². The highest BCUT2D eigenvalue weighted by atomic mass is 32.8. The average Bonchev–Trinajstić information content (AvgIpc) is 2.15. The molecule has 0 spiro atoms.